The molecule has 1 aliphatic heterocycles. The smallest absolute Gasteiger partial charge is 0.287 e. The highest BCUT2D eigenvalue weighted by atomic mass is 32.1. The van der Waals surface area contributed by atoms with Crippen molar-refractivity contribution in [2.45, 2.75) is 24.9 Å². The quantitative estimate of drug-likeness (QED) is 0.770. The molecule has 1 fully saturated rings. The van der Waals surface area contributed by atoms with Gasteiger partial charge in [-0.15, -0.1) is 0 Å². The van der Waals surface area contributed by atoms with E-state index in [9.17, 15) is 13.6 Å². The van der Waals surface area contributed by atoms with Gasteiger partial charge < -0.3 is 9.84 Å². The van der Waals surface area contributed by atoms with Gasteiger partial charge in [0.15, 0.2) is 11.0 Å². The maximum Gasteiger partial charge on any atom is 0.287 e. The largest absolute Gasteiger partial charge is 0.394 e. The average molecular weight is 264 g/mol. The Labute approximate surface area is 99.7 Å². The van der Waals surface area contributed by atoms with E-state index >= 15 is 0 Å². The van der Waals surface area contributed by atoms with Gasteiger partial charge in [-0.05, 0) is 12.2 Å². The van der Waals surface area contributed by atoms with Gasteiger partial charge >= 0.3 is 0 Å². The van der Waals surface area contributed by atoms with Crippen molar-refractivity contribution in [2.24, 2.45) is 0 Å². The fourth-order valence-electron chi connectivity index (χ4n) is 1.71. The van der Waals surface area contributed by atoms with Gasteiger partial charge in [0.2, 0.25) is 5.82 Å². The summed E-state index contributed by atoms with van der Waals surface area (Å²) in [6, 6.07) is 0. The van der Waals surface area contributed by atoms with E-state index < -0.39 is 29.9 Å². The zero-order valence-electron chi connectivity index (χ0n) is 8.60. The van der Waals surface area contributed by atoms with E-state index in [-0.39, 0.29) is 17.8 Å². The Morgan fingerprint density at radius 1 is 1.71 bits per heavy atom. The standard InChI is InChI=1S/C9H10F2N2O3S/c10-5-1-4(3-14)16-8(5)13-2-6(11)7(15)12-9(13)17/h2,4-5,8,14H,1,3H2,(H,12,15,17). The number of rotatable bonds is 2. The van der Waals surface area contributed by atoms with Crippen molar-refractivity contribution in [1.29, 1.82) is 0 Å². The highest BCUT2D eigenvalue weighted by molar-refractivity contribution is 7.71. The van der Waals surface area contributed by atoms with Crippen LogP contribution >= 0.6 is 12.2 Å². The fraction of sp³-hybridized carbons (Fsp3) is 0.556. The lowest BCUT2D eigenvalue weighted by Crippen LogP contribution is -2.23. The second-order valence-electron chi connectivity index (χ2n) is 3.73. The zero-order chi connectivity index (χ0) is 12.6. The summed E-state index contributed by atoms with van der Waals surface area (Å²) in [6.45, 7) is -0.323. The van der Waals surface area contributed by atoms with Crippen LogP contribution in [0.5, 0.6) is 0 Å². The number of aliphatic hydroxyl groups excluding tert-OH is 1. The first kappa shape index (κ1) is 12.3. The number of alkyl halides is 1. The zero-order valence-corrected chi connectivity index (χ0v) is 9.42. The molecule has 2 heterocycles. The fourth-order valence-corrected chi connectivity index (χ4v) is 1.96. The minimum Gasteiger partial charge on any atom is -0.394 e. The van der Waals surface area contributed by atoms with Crippen LogP contribution in [0.3, 0.4) is 0 Å². The number of halogens is 2. The highest BCUT2D eigenvalue weighted by Crippen LogP contribution is 2.30. The normalized spacial score (nSPS) is 28.5. The van der Waals surface area contributed by atoms with E-state index in [0.717, 1.165) is 10.8 Å². The highest BCUT2D eigenvalue weighted by Gasteiger charge is 2.36. The summed E-state index contributed by atoms with van der Waals surface area (Å²) in [5, 5.41) is 8.86. The van der Waals surface area contributed by atoms with Gasteiger partial charge in [0.1, 0.15) is 6.17 Å². The van der Waals surface area contributed by atoms with Crippen molar-refractivity contribution in [3.63, 3.8) is 0 Å². The topological polar surface area (TPSA) is 67.2 Å². The van der Waals surface area contributed by atoms with Crippen LogP contribution < -0.4 is 5.56 Å². The molecule has 94 valence electrons. The number of hydrogen-bond acceptors (Lipinski definition) is 4. The Balaban J connectivity index is 2.38. The van der Waals surface area contributed by atoms with Crippen LogP contribution in [-0.2, 0) is 4.74 Å². The van der Waals surface area contributed by atoms with Crippen LogP contribution in [0, 0.1) is 10.6 Å². The molecule has 1 aliphatic rings. The second-order valence-corrected chi connectivity index (χ2v) is 4.11. The Hall–Kier alpha value is -1.12. The molecule has 2 N–H and O–H groups in total. The van der Waals surface area contributed by atoms with Crippen LogP contribution in [0.4, 0.5) is 8.78 Å². The summed E-state index contributed by atoms with van der Waals surface area (Å²) in [5.74, 6) is -1.07. The molecule has 5 nitrogen and oxygen atoms in total. The van der Waals surface area contributed by atoms with Crippen LogP contribution in [0.2, 0.25) is 0 Å². The summed E-state index contributed by atoms with van der Waals surface area (Å²) in [4.78, 5) is 13.0. The molecule has 0 aromatic carbocycles. The molecule has 8 heteroatoms. The first-order valence-corrected chi connectivity index (χ1v) is 5.35. The van der Waals surface area contributed by atoms with E-state index in [2.05, 4.69) is 4.98 Å². The average Bonchev–Trinajstić information content (AvgIpc) is 2.65. The molecule has 0 amide bonds. The summed E-state index contributed by atoms with van der Waals surface area (Å²) in [5.41, 5.74) is -0.960. The molecule has 0 aliphatic carbocycles. The number of hydrogen-bond donors (Lipinski definition) is 2. The summed E-state index contributed by atoms with van der Waals surface area (Å²) in [6.07, 6.45) is -2.37. The van der Waals surface area contributed by atoms with E-state index in [1.807, 2.05) is 0 Å². The number of nitrogens with one attached hydrogen (secondary N) is 1. The molecule has 1 saturated heterocycles. The Bertz CT molecular complexity index is 530. The predicted octanol–water partition coefficient (Wildman–Crippen LogP) is 0.663. The van der Waals surface area contributed by atoms with E-state index in [1.54, 1.807) is 0 Å². The number of ether oxygens (including phenoxy) is 1. The molecule has 0 bridgehead atoms. The summed E-state index contributed by atoms with van der Waals surface area (Å²) in [7, 11) is 0. The Morgan fingerprint density at radius 3 is 3.00 bits per heavy atom. The lowest BCUT2D eigenvalue weighted by Gasteiger charge is -2.16. The third-order valence-corrected chi connectivity index (χ3v) is 2.84. The molecule has 1 aromatic heterocycles. The third kappa shape index (κ3) is 2.28. The molecular weight excluding hydrogens is 254 g/mol. The Kier molecular flexibility index (Phi) is 3.36. The van der Waals surface area contributed by atoms with Crippen molar-refractivity contribution in [2.75, 3.05) is 6.61 Å². The van der Waals surface area contributed by atoms with Crippen LogP contribution in [0.15, 0.2) is 11.0 Å². The minimum atomic E-state index is -1.41. The molecule has 3 unspecified atom stereocenters. The van der Waals surface area contributed by atoms with Gasteiger partial charge in [-0.1, -0.05) is 0 Å². The molecule has 0 spiro atoms. The van der Waals surface area contributed by atoms with Crippen molar-refractivity contribution in [3.05, 3.63) is 27.1 Å². The second kappa shape index (κ2) is 4.63. The third-order valence-electron chi connectivity index (χ3n) is 2.53. The van der Waals surface area contributed by atoms with E-state index in [1.165, 1.54) is 0 Å². The molecule has 1 aromatic rings. The van der Waals surface area contributed by atoms with Gasteiger partial charge in [0, 0.05) is 6.42 Å². The number of H-pyrrole nitrogens is 1. The maximum absolute atomic E-state index is 13.6. The van der Waals surface area contributed by atoms with Gasteiger partial charge in [0.25, 0.3) is 5.56 Å². The van der Waals surface area contributed by atoms with Crippen molar-refractivity contribution in [1.82, 2.24) is 9.55 Å². The number of aromatic nitrogens is 2. The maximum atomic E-state index is 13.6. The van der Waals surface area contributed by atoms with Gasteiger partial charge in [0.05, 0.1) is 18.9 Å². The van der Waals surface area contributed by atoms with Crippen LogP contribution in [-0.4, -0.2) is 33.5 Å². The molecule has 2 rings (SSSR count). The lowest BCUT2D eigenvalue weighted by atomic mass is 10.2. The summed E-state index contributed by atoms with van der Waals surface area (Å²) >= 11 is 4.80. The monoisotopic (exact) mass is 264 g/mol. The first-order chi connectivity index (χ1) is 8.02. The first-order valence-electron chi connectivity index (χ1n) is 4.94. The SMILES string of the molecule is O=c1[nH]c(=S)n(C2OC(CO)CC2F)cc1F. The lowest BCUT2D eigenvalue weighted by molar-refractivity contribution is -0.0389. The number of aliphatic hydroxyl groups is 1. The van der Waals surface area contributed by atoms with Crippen molar-refractivity contribution in [3.8, 4) is 0 Å². The molecule has 3 atom stereocenters. The Morgan fingerprint density at radius 2 is 2.41 bits per heavy atom. The van der Waals surface area contributed by atoms with Crippen LogP contribution in [0.1, 0.15) is 12.6 Å². The summed E-state index contributed by atoms with van der Waals surface area (Å²) < 4.78 is 32.7. The number of nitrogens with zero attached hydrogens (tertiary/aromatic N) is 1. The van der Waals surface area contributed by atoms with Crippen LogP contribution in [0.25, 0.3) is 0 Å². The van der Waals surface area contributed by atoms with Gasteiger partial charge in [-0.2, -0.15) is 4.39 Å². The van der Waals surface area contributed by atoms with E-state index in [0.29, 0.717) is 0 Å². The molecular formula is C9H10F2N2O3S. The minimum absolute atomic E-state index is 0.00366. The van der Waals surface area contributed by atoms with Crippen molar-refractivity contribution < 1.29 is 18.6 Å². The van der Waals surface area contributed by atoms with Gasteiger partial charge in [-0.25, -0.2) is 4.39 Å². The molecule has 0 saturated carbocycles. The van der Waals surface area contributed by atoms with Crippen molar-refractivity contribution >= 4 is 12.2 Å². The molecule has 0 radical (unpaired) electrons. The number of aromatic amines is 1. The van der Waals surface area contributed by atoms with Gasteiger partial charge in [-0.3, -0.25) is 14.3 Å². The predicted molar refractivity (Wildman–Crippen MR) is 56.4 cm³/mol. The molecule has 17 heavy (non-hydrogen) atoms. The van der Waals surface area contributed by atoms with E-state index in [4.69, 9.17) is 22.1 Å².